The Morgan fingerprint density at radius 2 is 1.65 bits per heavy atom. The SMILES string of the molecule is C#CCN(C(=O)NCc1ccccc1)N1CC(=O)N2[C@@H](Cc3ccc(NS(C)(=O)=O)cc3)C(=O)N(Cc3cccc4ccccc34)C[C@@H]21. The predicted molar refractivity (Wildman–Crippen MR) is 183 cm³/mol. The van der Waals surface area contributed by atoms with Gasteiger partial charge in [0.15, 0.2) is 0 Å². The van der Waals surface area contributed by atoms with Gasteiger partial charge in [0.1, 0.15) is 12.2 Å². The summed E-state index contributed by atoms with van der Waals surface area (Å²) in [5.41, 5.74) is 3.00. The highest BCUT2D eigenvalue weighted by molar-refractivity contribution is 7.92. The molecule has 2 aliphatic heterocycles. The third-order valence-corrected chi connectivity index (χ3v) is 9.17. The first-order chi connectivity index (χ1) is 23.1. The van der Waals surface area contributed by atoms with Crippen LogP contribution >= 0.6 is 0 Å². The zero-order chi connectivity index (χ0) is 33.8. The van der Waals surface area contributed by atoms with Crippen LogP contribution in [0.3, 0.4) is 0 Å². The van der Waals surface area contributed by atoms with Crippen molar-refractivity contribution >= 4 is 44.3 Å². The average Bonchev–Trinajstić information content (AvgIpc) is 3.40. The Hall–Kier alpha value is -5.38. The van der Waals surface area contributed by atoms with E-state index in [0.717, 1.165) is 33.7 Å². The number of hydrogen-bond acceptors (Lipinski definition) is 6. The van der Waals surface area contributed by atoms with Gasteiger partial charge >= 0.3 is 6.03 Å². The molecule has 2 atom stereocenters. The van der Waals surface area contributed by atoms with Crippen LogP contribution < -0.4 is 10.0 Å². The second kappa shape index (κ2) is 13.8. The molecule has 2 saturated heterocycles. The summed E-state index contributed by atoms with van der Waals surface area (Å²) < 4.78 is 25.9. The summed E-state index contributed by atoms with van der Waals surface area (Å²) >= 11 is 0. The molecule has 4 aromatic rings. The minimum atomic E-state index is -3.46. The van der Waals surface area contributed by atoms with E-state index in [1.54, 1.807) is 39.1 Å². The topological polar surface area (TPSA) is 122 Å². The molecule has 0 spiro atoms. The Morgan fingerprint density at radius 3 is 2.38 bits per heavy atom. The van der Waals surface area contributed by atoms with Crippen molar-refractivity contribution < 1.29 is 22.8 Å². The van der Waals surface area contributed by atoms with Gasteiger partial charge in [-0.15, -0.1) is 6.42 Å². The van der Waals surface area contributed by atoms with Gasteiger partial charge in [0.25, 0.3) is 0 Å². The van der Waals surface area contributed by atoms with Gasteiger partial charge in [-0.05, 0) is 39.6 Å². The van der Waals surface area contributed by atoms with E-state index in [2.05, 4.69) is 16.0 Å². The van der Waals surface area contributed by atoms with E-state index in [0.29, 0.717) is 12.2 Å². The molecule has 0 bridgehead atoms. The van der Waals surface area contributed by atoms with Gasteiger partial charge < -0.3 is 15.1 Å². The molecule has 0 radical (unpaired) electrons. The minimum absolute atomic E-state index is 0.0744. The maximum absolute atomic E-state index is 14.3. The molecule has 0 aromatic heterocycles. The van der Waals surface area contributed by atoms with Crippen LogP contribution in [0.2, 0.25) is 0 Å². The van der Waals surface area contributed by atoms with E-state index in [-0.39, 0.29) is 44.4 Å². The van der Waals surface area contributed by atoms with Crippen molar-refractivity contribution in [2.75, 3.05) is 30.6 Å². The molecular formula is C36H36N6O5S. The van der Waals surface area contributed by atoms with Crippen molar-refractivity contribution in [3.63, 3.8) is 0 Å². The summed E-state index contributed by atoms with van der Waals surface area (Å²) in [5, 5.41) is 8.03. The van der Waals surface area contributed by atoms with Crippen molar-refractivity contribution in [3.05, 3.63) is 114 Å². The molecule has 48 heavy (non-hydrogen) atoms. The summed E-state index contributed by atoms with van der Waals surface area (Å²) in [6, 6.07) is 28.8. The van der Waals surface area contributed by atoms with Crippen LogP contribution in [0.25, 0.3) is 10.8 Å². The van der Waals surface area contributed by atoms with E-state index in [1.807, 2.05) is 72.8 Å². The molecule has 2 heterocycles. The highest BCUT2D eigenvalue weighted by Gasteiger charge is 2.52. The van der Waals surface area contributed by atoms with Gasteiger partial charge in [0, 0.05) is 25.2 Å². The predicted octanol–water partition coefficient (Wildman–Crippen LogP) is 3.40. The highest BCUT2D eigenvalue weighted by Crippen LogP contribution is 2.31. The number of terminal acetylenes is 1. The number of piperazine rings is 1. The Kier molecular flexibility index (Phi) is 9.34. The van der Waals surface area contributed by atoms with Crippen LogP contribution in [-0.2, 0) is 39.1 Å². The molecular weight excluding hydrogens is 629 g/mol. The number of anilines is 1. The normalized spacial score (nSPS) is 18.0. The van der Waals surface area contributed by atoms with E-state index < -0.39 is 28.3 Å². The molecule has 0 aliphatic carbocycles. The molecule has 12 heteroatoms. The summed E-state index contributed by atoms with van der Waals surface area (Å²) in [6.45, 7) is 0.531. The fourth-order valence-electron chi connectivity index (χ4n) is 6.40. The summed E-state index contributed by atoms with van der Waals surface area (Å²) in [4.78, 5) is 45.0. The maximum atomic E-state index is 14.3. The Bertz CT molecular complexity index is 1970. The van der Waals surface area contributed by atoms with Gasteiger partial charge in [-0.3, -0.25) is 14.3 Å². The summed E-state index contributed by atoms with van der Waals surface area (Å²) in [5.74, 6) is 2.04. The lowest BCUT2D eigenvalue weighted by Gasteiger charge is -2.46. The molecule has 6 rings (SSSR count). The smallest absolute Gasteiger partial charge is 0.333 e. The number of benzene rings is 4. The van der Waals surface area contributed by atoms with E-state index in [9.17, 15) is 22.8 Å². The maximum Gasteiger partial charge on any atom is 0.333 e. The number of fused-ring (bicyclic) bond motifs is 2. The number of carbonyl (C=O) groups excluding carboxylic acids is 3. The quantitative estimate of drug-likeness (QED) is 0.251. The van der Waals surface area contributed by atoms with Crippen LogP contribution in [0, 0.1) is 12.3 Å². The highest BCUT2D eigenvalue weighted by atomic mass is 32.2. The molecule has 2 N–H and O–H groups in total. The number of nitrogens with zero attached hydrogens (tertiary/aromatic N) is 4. The number of nitrogens with one attached hydrogen (secondary N) is 2. The number of amides is 4. The van der Waals surface area contributed by atoms with Crippen LogP contribution in [-0.4, -0.2) is 84.2 Å². The Balaban J connectivity index is 1.31. The number of urea groups is 1. The van der Waals surface area contributed by atoms with Gasteiger partial charge in [-0.25, -0.2) is 18.2 Å². The van der Waals surface area contributed by atoms with Crippen LogP contribution in [0.5, 0.6) is 0 Å². The lowest BCUT2D eigenvalue weighted by molar-refractivity contribution is -0.157. The number of hydrazine groups is 1. The number of hydrogen-bond donors (Lipinski definition) is 2. The second-order valence-electron chi connectivity index (χ2n) is 11.9. The monoisotopic (exact) mass is 664 g/mol. The van der Waals surface area contributed by atoms with Crippen LogP contribution in [0.1, 0.15) is 16.7 Å². The fourth-order valence-corrected chi connectivity index (χ4v) is 6.97. The average molecular weight is 665 g/mol. The fraction of sp³-hybridized carbons (Fsp3) is 0.250. The number of carbonyl (C=O) groups is 3. The molecule has 0 saturated carbocycles. The largest absolute Gasteiger partial charge is 0.333 e. The molecule has 4 aromatic carbocycles. The standard InChI is InChI=1S/C36H36N6O5S/c1-3-20-40(36(45)37-22-27-10-5-4-6-11-27)41-25-34(43)42-32(21-26-16-18-30(19-17-26)38-48(2,46)47)35(44)39(24-33(41)42)23-29-14-9-13-28-12-7-8-15-31(28)29/h1,4-19,32-33,38H,20-25H2,2H3,(H,37,45)/t32-,33+/m0/s1. The van der Waals surface area contributed by atoms with Crippen molar-refractivity contribution in [2.45, 2.75) is 31.7 Å². The minimum Gasteiger partial charge on any atom is -0.333 e. The molecule has 2 aliphatic rings. The zero-order valence-corrected chi connectivity index (χ0v) is 27.3. The zero-order valence-electron chi connectivity index (χ0n) is 26.5. The first-order valence-corrected chi connectivity index (χ1v) is 17.4. The van der Waals surface area contributed by atoms with E-state index in [4.69, 9.17) is 6.42 Å². The van der Waals surface area contributed by atoms with Crippen LogP contribution in [0.15, 0.2) is 97.1 Å². The number of rotatable bonds is 10. The molecule has 11 nitrogen and oxygen atoms in total. The third-order valence-electron chi connectivity index (χ3n) is 8.57. The lowest BCUT2D eigenvalue weighted by atomic mass is 9.99. The van der Waals surface area contributed by atoms with Crippen LogP contribution in [0.4, 0.5) is 10.5 Å². The second-order valence-corrected chi connectivity index (χ2v) is 13.7. The van der Waals surface area contributed by atoms with Gasteiger partial charge in [-0.2, -0.15) is 5.01 Å². The molecule has 246 valence electrons. The van der Waals surface area contributed by atoms with Crippen molar-refractivity contribution in [1.82, 2.24) is 25.1 Å². The van der Waals surface area contributed by atoms with E-state index in [1.165, 1.54) is 5.01 Å². The molecule has 4 amide bonds. The summed E-state index contributed by atoms with van der Waals surface area (Å²) in [6.07, 6.45) is 6.33. The molecule has 0 unspecified atom stereocenters. The Labute approximate surface area is 280 Å². The third kappa shape index (κ3) is 7.12. The van der Waals surface area contributed by atoms with Crippen molar-refractivity contribution in [3.8, 4) is 12.3 Å². The number of sulfonamides is 1. The lowest BCUT2D eigenvalue weighted by Crippen LogP contribution is -2.66. The van der Waals surface area contributed by atoms with Gasteiger partial charge in [0.2, 0.25) is 21.8 Å². The first kappa shape index (κ1) is 32.6. The molecule has 2 fully saturated rings. The first-order valence-electron chi connectivity index (χ1n) is 15.5. The van der Waals surface area contributed by atoms with E-state index >= 15 is 0 Å². The van der Waals surface area contributed by atoms with Crippen molar-refractivity contribution in [2.24, 2.45) is 0 Å². The van der Waals surface area contributed by atoms with Crippen molar-refractivity contribution in [1.29, 1.82) is 0 Å². The Morgan fingerprint density at radius 1 is 0.938 bits per heavy atom. The van der Waals surface area contributed by atoms with Gasteiger partial charge in [0.05, 0.1) is 25.9 Å². The van der Waals surface area contributed by atoms with Gasteiger partial charge in [-0.1, -0.05) is 90.8 Å². The summed E-state index contributed by atoms with van der Waals surface area (Å²) in [7, 11) is -3.46.